The number of hydrogen-bond donors (Lipinski definition) is 2. The van der Waals surface area contributed by atoms with E-state index in [0.29, 0.717) is 13.1 Å². The summed E-state index contributed by atoms with van der Waals surface area (Å²) in [4.78, 5) is 10.0. The van der Waals surface area contributed by atoms with Crippen molar-refractivity contribution in [3.63, 3.8) is 0 Å². The van der Waals surface area contributed by atoms with Crippen molar-refractivity contribution in [2.45, 2.75) is 0 Å². The second-order valence-electron chi connectivity index (χ2n) is 1.27. The Hall–Kier alpha value is -0.505. The molecule has 0 rings (SSSR count). The highest BCUT2D eigenvalue weighted by atomic mass is 16.1. The largest absolute Gasteiger partial charge is 0.364 e. The lowest BCUT2D eigenvalue weighted by atomic mass is 10.1. The quantitative estimate of drug-likeness (QED) is 0.406. The van der Waals surface area contributed by atoms with E-state index in [-0.39, 0.29) is 5.81 Å². The molecule has 1 amide bonds. The van der Waals surface area contributed by atoms with E-state index in [1.807, 2.05) is 0 Å². The molecule has 0 heterocycles. The predicted molar refractivity (Wildman–Crippen MR) is 31.0 cm³/mol. The topological polar surface area (TPSA) is 55.1 Å². The summed E-state index contributed by atoms with van der Waals surface area (Å²) in [5, 5.41) is 2.53. The Kier molecular flexibility index (Phi) is 3.41. The van der Waals surface area contributed by atoms with Crippen LogP contribution in [-0.4, -0.2) is 26.7 Å². The van der Waals surface area contributed by atoms with Gasteiger partial charge in [-0.05, 0) is 0 Å². The number of nitrogens with one attached hydrogen (secondary N) is 1. The summed E-state index contributed by atoms with van der Waals surface area (Å²) < 4.78 is 0. The molecule has 0 saturated carbocycles. The van der Waals surface area contributed by atoms with Gasteiger partial charge in [0, 0.05) is 13.1 Å². The Labute approximate surface area is 43.7 Å². The molecule has 0 aliphatic carbocycles. The minimum atomic E-state index is -0.0227. The average molecular weight is 99.9 g/mol. The van der Waals surface area contributed by atoms with Crippen LogP contribution < -0.4 is 11.1 Å². The number of nitrogens with two attached hydrogens (primary N) is 1. The summed E-state index contributed by atoms with van der Waals surface area (Å²) in [6.07, 6.45) is 0. The lowest BCUT2D eigenvalue weighted by Gasteiger charge is -1.94. The van der Waals surface area contributed by atoms with E-state index in [9.17, 15) is 4.79 Å². The highest BCUT2D eigenvalue weighted by Gasteiger charge is 1.83. The molecule has 0 atom stereocenters. The molecule has 7 heavy (non-hydrogen) atoms. The molecule has 3 N–H and O–H groups in total. The molecule has 0 spiro atoms. The summed E-state index contributed by atoms with van der Waals surface area (Å²) >= 11 is 0. The summed E-state index contributed by atoms with van der Waals surface area (Å²) in [6, 6.07) is 0. The van der Waals surface area contributed by atoms with Crippen molar-refractivity contribution in [1.82, 2.24) is 5.32 Å². The molecule has 0 fully saturated rings. The van der Waals surface area contributed by atoms with Gasteiger partial charge in [-0.1, -0.05) is 0 Å². The fraction of sp³-hybridized carbons (Fsp3) is 0.667. The van der Waals surface area contributed by atoms with Crippen molar-refractivity contribution in [3.8, 4) is 0 Å². The van der Waals surface area contributed by atoms with Crippen LogP contribution in [0.3, 0.4) is 0 Å². The Morgan fingerprint density at radius 2 is 2.43 bits per heavy atom. The van der Waals surface area contributed by atoms with Gasteiger partial charge < -0.3 is 11.1 Å². The molecule has 0 bridgehead atoms. The molecule has 0 aromatic carbocycles. The fourth-order valence-corrected chi connectivity index (χ4v) is 0.248. The van der Waals surface area contributed by atoms with E-state index in [1.54, 1.807) is 0 Å². The third-order valence-corrected chi connectivity index (χ3v) is 0.518. The first-order valence-corrected chi connectivity index (χ1v) is 2.22. The maximum Gasteiger partial charge on any atom is 0.215 e. The molecular weight excluding hydrogens is 90.9 g/mol. The van der Waals surface area contributed by atoms with E-state index in [2.05, 4.69) is 5.32 Å². The number of amides is 1. The van der Waals surface area contributed by atoms with Crippen LogP contribution in [0.4, 0.5) is 4.79 Å². The number of hydrogen-bond acceptors (Lipinski definition) is 2. The monoisotopic (exact) mass is 100 g/mol. The first-order chi connectivity index (χ1) is 3.27. The molecule has 3 nitrogen and oxygen atoms in total. The van der Waals surface area contributed by atoms with E-state index < -0.39 is 0 Å². The van der Waals surface area contributed by atoms with Crippen LogP contribution >= 0.6 is 0 Å². The summed E-state index contributed by atoms with van der Waals surface area (Å²) in [5.41, 5.74) is 5.06. The fourth-order valence-electron chi connectivity index (χ4n) is 0.248. The molecule has 0 radical (unpaired) electrons. The molecule has 0 aliphatic heterocycles. The first-order valence-electron chi connectivity index (χ1n) is 2.22. The van der Waals surface area contributed by atoms with Gasteiger partial charge in [-0.3, -0.25) is 4.79 Å². The van der Waals surface area contributed by atoms with Crippen LogP contribution in [0, 0.1) is 0 Å². The van der Waals surface area contributed by atoms with Crippen molar-refractivity contribution >= 4 is 13.7 Å². The minimum absolute atomic E-state index is 0.0227. The Bertz CT molecular complexity index is 66.0. The van der Waals surface area contributed by atoms with Gasteiger partial charge in [0.25, 0.3) is 0 Å². The zero-order valence-electron chi connectivity index (χ0n) is 4.40. The van der Waals surface area contributed by atoms with Gasteiger partial charge in [-0.25, -0.2) is 0 Å². The second kappa shape index (κ2) is 3.68. The van der Waals surface area contributed by atoms with Gasteiger partial charge in [0.15, 0.2) is 5.81 Å². The summed E-state index contributed by atoms with van der Waals surface area (Å²) in [7, 11) is 1.47. The Morgan fingerprint density at radius 3 is 2.57 bits per heavy atom. The van der Waals surface area contributed by atoms with Gasteiger partial charge >= 0.3 is 0 Å². The minimum Gasteiger partial charge on any atom is -0.364 e. The van der Waals surface area contributed by atoms with Crippen molar-refractivity contribution < 1.29 is 4.79 Å². The normalized spacial score (nSPS) is 8.14. The van der Waals surface area contributed by atoms with E-state index in [1.165, 1.54) is 7.85 Å². The van der Waals surface area contributed by atoms with Gasteiger partial charge in [-0.2, -0.15) is 0 Å². The first kappa shape index (κ1) is 6.49. The Balaban J connectivity index is 2.82. The van der Waals surface area contributed by atoms with Crippen molar-refractivity contribution in [2.24, 2.45) is 5.73 Å². The number of carbonyl (C=O) groups is 1. The van der Waals surface area contributed by atoms with Gasteiger partial charge in [-0.15, -0.1) is 0 Å². The predicted octanol–water partition coefficient (Wildman–Crippen LogP) is -1.71. The van der Waals surface area contributed by atoms with Crippen LogP contribution in [0.25, 0.3) is 0 Å². The van der Waals surface area contributed by atoms with Crippen LogP contribution in [0.1, 0.15) is 0 Å². The lowest BCUT2D eigenvalue weighted by molar-refractivity contribution is 0.260. The standard InChI is InChI=1S/C3H9BN2O/c4-3(7)6-2-1-5/h1-2,4-5H2,(H,6,7). The maximum absolute atomic E-state index is 10.0. The number of rotatable bonds is 2. The Morgan fingerprint density at radius 1 is 1.86 bits per heavy atom. The number of carbonyl (C=O) groups excluding carboxylic acids is 1. The third kappa shape index (κ3) is 5.49. The van der Waals surface area contributed by atoms with Crippen molar-refractivity contribution in [3.05, 3.63) is 0 Å². The molecule has 0 aromatic rings. The van der Waals surface area contributed by atoms with Gasteiger partial charge in [0.2, 0.25) is 7.85 Å². The molecule has 0 aromatic heterocycles. The maximum atomic E-state index is 10.0. The van der Waals surface area contributed by atoms with Crippen molar-refractivity contribution in [1.29, 1.82) is 0 Å². The van der Waals surface area contributed by atoms with Crippen LogP contribution in [0.2, 0.25) is 0 Å². The molecule has 0 saturated heterocycles. The molecule has 4 heteroatoms. The zero-order valence-corrected chi connectivity index (χ0v) is 4.40. The summed E-state index contributed by atoms with van der Waals surface area (Å²) in [6.45, 7) is 1.09. The average Bonchev–Trinajstić information content (AvgIpc) is 1.61. The third-order valence-electron chi connectivity index (χ3n) is 0.518. The van der Waals surface area contributed by atoms with Gasteiger partial charge in [0.1, 0.15) is 0 Å². The SMILES string of the molecule is BC(=O)NCCN. The van der Waals surface area contributed by atoms with E-state index in [0.717, 1.165) is 0 Å². The smallest absolute Gasteiger partial charge is 0.215 e. The van der Waals surface area contributed by atoms with Gasteiger partial charge in [0.05, 0.1) is 0 Å². The zero-order chi connectivity index (χ0) is 5.70. The highest BCUT2D eigenvalue weighted by molar-refractivity contribution is 6.57. The lowest BCUT2D eigenvalue weighted by Crippen LogP contribution is -2.27. The molecule has 0 unspecified atom stereocenters. The molecular formula is C3H9BN2O. The van der Waals surface area contributed by atoms with Crippen LogP contribution in [-0.2, 0) is 0 Å². The van der Waals surface area contributed by atoms with Crippen molar-refractivity contribution in [2.75, 3.05) is 13.1 Å². The van der Waals surface area contributed by atoms with Crippen LogP contribution in [0.5, 0.6) is 0 Å². The summed E-state index contributed by atoms with van der Waals surface area (Å²) in [5.74, 6) is -0.0227. The molecule has 0 aliphatic rings. The van der Waals surface area contributed by atoms with E-state index in [4.69, 9.17) is 5.73 Å². The highest BCUT2D eigenvalue weighted by Crippen LogP contribution is 1.54. The van der Waals surface area contributed by atoms with Crippen LogP contribution in [0.15, 0.2) is 0 Å². The van der Waals surface area contributed by atoms with E-state index >= 15 is 0 Å². The molecule has 40 valence electrons. The second-order valence-corrected chi connectivity index (χ2v) is 1.27.